The lowest BCUT2D eigenvalue weighted by Crippen LogP contribution is -2.43. The first-order valence-corrected chi connectivity index (χ1v) is 11.2. The largest absolute Gasteiger partial charge is 0.390 e. The van der Waals surface area contributed by atoms with E-state index < -0.39 is 11.0 Å². The Kier molecular flexibility index (Phi) is 4.93. The van der Waals surface area contributed by atoms with Gasteiger partial charge >= 0.3 is 0 Å². The zero-order valence-electron chi connectivity index (χ0n) is 19.4. The number of piperidine rings is 1. The van der Waals surface area contributed by atoms with Gasteiger partial charge in [-0.15, -0.1) is 0 Å². The number of aliphatic hydroxyl groups is 1. The summed E-state index contributed by atoms with van der Waals surface area (Å²) in [6, 6.07) is 6.02. The normalized spacial score (nSPS) is 19.0. The molecule has 2 aliphatic heterocycles. The van der Waals surface area contributed by atoms with Crippen LogP contribution in [0.1, 0.15) is 45.0 Å². The Morgan fingerprint density at radius 1 is 0.939 bits per heavy atom. The van der Waals surface area contributed by atoms with Gasteiger partial charge in [-0.2, -0.15) is 0 Å². The number of amides is 1. The van der Waals surface area contributed by atoms with Crippen LogP contribution in [0, 0.1) is 6.92 Å². The molecule has 0 aliphatic carbocycles. The van der Waals surface area contributed by atoms with Crippen LogP contribution >= 0.6 is 0 Å². The van der Waals surface area contributed by atoms with Gasteiger partial charge < -0.3 is 10.0 Å². The van der Waals surface area contributed by atoms with Crippen molar-refractivity contribution in [2.24, 2.45) is 0 Å². The van der Waals surface area contributed by atoms with Gasteiger partial charge in [0, 0.05) is 31.0 Å². The van der Waals surface area contributed by atoms with Crippen molar-refractivity contribution in [2.45, 2.75) is 51.6 Å². The van der Waals surface area contributed by atoms with E-state index in [1.165, 1.54) is 0 Å². The number of carbonyl (C=O) groups is 1. The number of hydrogen-bond donors (Lipinski definition) is 1. The summed E-state index contributed by atoms with van der Waals surface area (Å²) in [7, 11) is 0. The second-order valence-electron chi connectivity index (χ2n) is 9.74. The van der Waals surface area contributed by atoms with Crippen molar-refractivity contribution in [3.8, 4) is 11.1 Å². The lowest BCUT2D eigenvalue weighted by molar-refractivity contribution is -0.121. The fourth-order valence-electron chi connectivity index (χ4n) is 4.52. The van der Waals surface area contributed by atoms with Gasteiger partial charge in [0.1, 0.15) is 11.6 Å². The Balaban J connectivity index is 1.54. The third kappa shape index (κ3) is 3.74. The van der Waals surface area contributed by atoms with Crippen LogP contribution in [-0.4, -0.2) is 49.6 Å². The first kappa shape index (κ1) is 21.5. The van der Waals surface area contributed by atoms with Gasteiger partial charge in [0.15, 0.2) is 5.82 Å². The lowest BCUT2D eigenvalue weighted by Gasteiger charge is -2.36. The van der Waals surface area contributed by atoms with E-state index >= 15 is 0 Å². The predicted octanol–water partition coefficient (Wildman–Crippen LogP) is 3.55. The van der Waals surface area contributed by atoms with E-state index in [9.17, 15) is 9.90 Å². The number of aryl methyl sites for hydroxylation is 1. The standard InChI is InChI=1S/C25H28N6O2/c1-16-27-12-18(13-28-16)17-5-6-19-20(11-17)31(23(32)24(19,2)3)22-15-26-14-21(29-22)30-9-7-25(4,33)8-10-30/h5-6,11-15,33H,7-10H2,1-4H3. The summed E-state index contributed by atoms with van der Waals surface area (Å²) in [5.74, 6) is 1.89. The molecule has 1 aromatic carbocycles. The number of benzene rings is 1. The van der Waals surface area contributed by atoms with E-state index in [4.69, 9.17) is 4.98 Å². The Morgan fingerprint density at radius 3 is 2.30 bits per heavy atom. The summed E-state index contributed by atoms with van der Waals surface area (Å²) >= 11 is 0. The van der Waals surface area contributed by atoms with E-state index in [1.807, 2.05) is 45.9 Å². The SMILES string of the molecule is Cc1ncc(-c2ccc3c(c2)N(c2cncc(N4CCC(C)(O)CC4)n2)C(=O)C3(C)C)cn1. The molecule has 0 radical (unpaired) electrons. The lowest BCUT2D eigenvalue weighted by atomic mass is 9.85. The molecule has 1 N–H and O–H groups in total. The maximum Gasteiger partial charge on any atom is 0.242 e. The van der Waals surface area contributed by atoms with E-state index in [0.29, 0.717) is 43.4 Å². The summed E-state index contributed by atoms with van der Waals surface area (Å²) in [6.07, 6.45) is 8.27. The minimum Gasteiger partial charge on any atom is -0.390 e. The number of carbonyl (C=O) groups excluding carboxylic acids is 1. The predicted molar refractivity (Wildman–Crippen MR) is 126 cm³/mol. The molecule has 1 amide bonds. The van der Waals surface area contributed by atoms with Crippen molar-refractivity contribution >= 4 is 23.2 Å². The third-order valence-electron chi connectivity index (χ3n) is 6.77. The Morgan fingerprint density at radius 2 is 1.61 bits per heavy atom. The van der Waals surface area contributed by atoms with Gasteiger partial charge in [-0.05, 0) is 57.7 Å². The van der Waals surface area contributed by atoms with Crippen LogP contribution in [0.3, 0.4) is 0 Å². The summed E-state index contributed by atoms with van der Waals surface area (Å²) < 4.78 is 0. The van der Waals surface area contributed by atoms with Crippen molar-refractivity contribution in [3.05, 3.63) is 54.4 Å². The van der Waals surface area contributed by atoms with Crippen molar-refractivity contribution in [1.82, 2.24) is 19.9 Å². The fraction of sp³-hybridized carbons (Fsp3) is 0.400. The molecule has 0 saturated carbocycles. The molecule has 0 spiro atoms. The van der Waals surface area contributed by atoms with E-state index in [0.717, 1.165) is 22.4 Å². The smallest absolute Gasteiger partial charge is 0.242 e. The first-order chi connectivity index (χ1) is 15.7. The van der Waals surface area contributed by atoms with E-state index in [-0.39, 0.29) is 5.91 Å². The minimum atomic E-state index is -0.681. The second-order valence-corrected chi connectivity index (χ2v) is 9.74. The van der Waals surface area contributed by atoms with Gasteiger partial charge in [-0.1, -0.05) is 12.1 Å². The monoisotopic (exact) mass is 444 g/mol. The summed E-state index contributed by atoms with van der Waals surface area (Å²) in [5.41, 5.74) is 2.25. The molecule has 4 heterocycles. The highest BCUT2D eigenvalue weighted by atomic mass is 16.3. The topological polar surface area (TPSA) is 95.3 Å². The number of fused-ring (bicyclic) bond motifs is 1. The zero-order valence-corrected chi connectivity index (χ0v) is 19.4. The summed E-state index contributed by atoms with van der Waals surface area (Å²) in [6.45, 7) is 8.98. The Bertz CT molecular complexity index is 1210. The molecule has 2 aliphatic rings. The second kappa shape index (κ2) is 7.59. The van der Waals surface area contributed by atoms with Gasteiger partial charge in [-0.3, -0.25) is 14.7 Å². The van der Waals surface area contributed by atoms with E-state index in [2.05, 4.69) is 19.9 Å². The van der Waals surface area contributed by atoms with Crippen LogP contribution in [0.4, 0.5) is 17.3 Å². The fourth-order valence-corrected chi connectivity index (χ4v) is 4.52. The molecule has 170 valence electrons. The average Bonchev–Trinajstić information content (AvgIpc) is 2.99. The molecule has 2 aromatic heterocycles. The van der Waals surface area contributed by atoms with Crippen LogP contribution in [0.5, 0.6) is 0 Å². The van der Waals surface area contributed by atoms with Crippen molar-refractivity contribution in [3.63, 3.8) is 0 Å². The molecule has 5 rings (SSSR count). The molecule has 0 bridgehead atoms. The van der Waals surface area contributed by atoms with E-state index in [1.54, 1.807) is 29.7 Å². The van der Waals surface area contributed by atoms with Crippen LogP contribution < -0.4 is 9.80 Å². The highest BCUT2D eigenvalue weighted by Gasteiger charge is 2.45. The van der Waals surface area contributed by atoms with Crippen molar-refractivity contribution < 1.29 is 9.90 Å². The Hall–Kier alpha value is -3.39. The molecule has 0 unspecified atom stereocenters. The number of anilines is 3. The number of rotatable bonds is 3. The quantitative estimate of drug-likeness (QED) is 0.660. The number of aromatic nitrogens is 4. The van der Waals surface area contributed by atoms with Crippen LogP contribution in [0.2, 0.25) is 0 Å². The third-order valence-corrected chi connectivity index (χ3v) is 6.77. The van der Waals surface area contributed by atoms with Gasteiger partial charge in [0.05, 0.1) is 29.1 Å². The van der Waals surface area contributed by atoms with Crippen LogP contribution in [-0.2, 0) is 10.2 Å². The molecule has 0 atom stereocenters. The minimum absolute atomic E-state index is 0.0390. The highest BCUT2D eigenvalue weighted by molar-refractivity contribution is 6.12. The molecule has 8 nitrogen and oxygen atoms in total. The Labute approximate surface area is 193 Å². The number of hydrogen-bond acceptors (Lipinski definition) is 7. The highest BCUT2D eigenvalue weighted by Crippen LogP contribution is 2.46. The zero-order chi connectivity index (χ0) is 23.4. The number of nitrogens with zero attached hydrogens (tertiary/aromatic N) is 6. The van der Waals surface area contributed by atoms with Crippen LogP contribution in [0.25, 0.3) is 11.1 Å². The van der Waals surface area contributed by atoms with Gasteiger partial charge in [0.25, 0.3) is 0 Å². The maximum absolute atomic E-state index is 13.5. The van der Waals surface area contributed by atoms with Crippen molar-refractivity contribution in [1.29, 1.82) is 0 Å². The van der Waals surface area contributed by atoms with Gasteiger partial charge in [-0.25, -0.2) is 15.0 Å². The van der Waals surface area contributed by atoms with Gasteiger partial charge in [0.2, 0.25) is 5.91 Å². The first-order valence-electron chi connectivity index (χ1n) is 11.2. The van der Waals surface area contributed by atoms with Crippen LogP contribution in [0.15, 0.2) is 43.0 Å². The van der Waals surface area contributed by atoms with Crippen molar-refractivity contribution in [2.75, 3.05) is 22.9 Å². The average molecular weight is 445 g/mol. The molecule has 33 heavy (non-hydrogen) atoms. The maximum atomic E-state index is 13.5. The molecular formula is C25H28N6O2. The molecule has 3 aromatic rings. The molecule has 8 heteroatoms. The summed E-state index contributed by atoms with van der Waals surface area (Å²) in [4.78, 5) is 35.2. The molecule has 1 fully saturated rings. The molecule has 1 saturated heterocycles. The summed E-state index contributed by atoms with van der Waals surface area (Å²) in [5, 5.41) is 10.3. The molecular weight excluding hydrogens is 416 g/mol.